The molecule has 4 rings (SSSR count). The summed E-state index contributed by atoms with van der Waals surface area (Å²) in [6, 6.07) is 22.7. The molecule has 32 heavy (non-hydrogen) atoms. The Morgan fingerprint density at radius 3 is 2.56 bits per heavy atom. The fourth-order valence-corrected chi connectivity index (χ4v) is 4.51. The Morgan fingerprint density at radius 2 is 1.84 bits per heavy atom. The van der Waals surface area contributed by atoms with Gasteiger partial charge in [0.05, 0.1) is 6.04 Å². The molecule has 1 aliphatic rings. The molecule has 0 saturated carbocycles. The summed E-state index contributed by atoms with van der Waals surface area (Å²) in [5.74, 6) is 1.38. The summed E-state index contributed by atoms with van der Waals surface area (Å²) in [6.45, 7) is 8.57. The maximum Gasteiger partial charge on any atom is 0.261 e. The van der Waals surface area contributed by atoms with E-state index in [4.69, 9.17) is 4.74 Å². The highest BCUT2D eigenvalue weighted by atomic mass is 16.5. The molecule has 0 unspecified atom stereocenters. The third-order valence-corrected chi connectivity index (χ3v) is 6.44. The zero-order chi connectivity index (χ0) is 22.5. The Labute approximate surface area is 191 Å². The highest BCUT2D eigenvalue weighted by Gasteiger charge is 2.21. The average molecular weight is 431 g/mol. The minimum absolute atomic E-state index is 0.0777. The molecule has 3 aromatic rings. The molecule has 1 saturated heterocycles. The number of anilines is 1. The van der Waals surface area contributed by atoms with Crippen LogP contribution in [0.3, 0.4) is 0 Å². The van der Waals surface area contributed by atoms with E-state index < -0.39 is 6.10 Å². The summed E-state index contributed by atoms with van der Waals surface area (Å²) in [5, 5.41) is 5.40. The first kappa shape index (κ1) is 22.2. The van der Waals surface area contributed by atoms with Gasteiger partial charge in [0.15, 0.2) is 6.10 Å². The van der Waals surface area contributed by atoms with Gasteiger partial charge < -0.3 is 15.0 Å². The number of hydrogen-bond donors (Lipinski definition) is 1. The van der Waals surface area contributed by atoms with Crippen molar-refractivity contribution >= 4 is 22.4 Å². The van der Waals surface area contributed by atoms with Crippen molar-refractivity contribution in [3.63, 3.8) is 0 Å². The predicted octanol–water partition coefficient (Wildman–Crippen LogP) is 6.11. The first-order chi connectivity index (χ1) is 15.5. The molecular formula is C28H34N2O2. The van der Waals surface area contributed by atoms with Crippen LogP contribution in [0.1, 0.15) is 51.6 Å². The molecule has 0 spiro atoms. The Bertz CT molecular complexity index is 1050. The topological polar surface area (TPSA) is 41.6 Å². The molecule has 3 atom stereocenters. The Morgan fingerprint density at radius 1 is 1.09 bits per heavy atom. The zero-order valence-corrected chi connectivity index (χ0v) is 19.4. The van der Waals surface area contributed by atoms with Gasteiger partial charge in [-0.2, -0.15) is 0 Å². The van der Waals surface area contributed by atoms with Crippen LogP contribution in [0.25, 0.3) is 10.8 Å². The first-order valence-electron chi connectivity index (χ1n) is 11.8. The van der Waals surface area contributed by atoms with Crippen LogP contribution in [0, 0.1) is 5.92 Å². The van der Waals surface area contributed by atoms with Crippen LogP contribution in [-0.2, 0) is 4.79 Å². The number of hydrogen-bond acceptors (Lipinski definition) is 3. The summed E-state index contributed by atoms with van der Waals surface area (Å²) in [5.41, 5.74) is 2.37. The predicted molar refractivity (Wildman–Crippen MR) is 132 cm³/mol. The van der Waals surface area contributed by atoms with Crippen molar-refractivity contribution in [2.45, 2.75) is 52.2 Å². The lowest BCUT2D eigenvalue weighted by molar-refractivity contribution is -0.128. The Hall–Kier alpha value is -3.01. The van der Waals surface area contributed by atoms with E-state index in [1.165, 1.54) is 18.5 Å². The number of amides is 1. The number of carbonyl (C=O) groups is 1. The monoisotopic (exact) mass is 430 g/mol. The third kappa shape index (κ3) is 5.24. The average Bonchev–Trinajstić information content (AvgIpc) is 2.82. The maximum absolute atomic E-state index is 12.9. The molecule has 1 heterocycles. The van der Waals surface area contributed by atoms with E-state index in [0.717, 1.165) is 41.1 Å². The standard InChI is InChI=1S/C28H34N2O2/c1-4-27(32-26-16-13-23-9-5-6-10-24(23)18-26)28(31)29-21(3)22-11-14-25(15-12-22)30-17-7-8-20(2)19-30/h5-6,9-16,18,20-21,27H,4,7-8,17,19H2,1-3H3,(H,29,31)/t20-,21-,27+/m1/s1. The lowest BCUT2D eigenvalue weighted by Gasteiger charge is -2.33. The van der Waals surface area contributed by atoms with Crippen LogP contribution < -0.4 is 15.0 Å². The number of nitrogens with one attached hydrogen (secondary N) is 1. The van der Waals surface area contributed by atoms with Gasteiger partial charge >= 0.3 is 0 Å². The van der Waals surface area contributed by atoms with E-state index in [2.05, 4.69) is 53.5 Å². The van der Waals surface area contributed by atoms with Crippen LogP contribution >= 0.6 is 0 Å². The highest BCUT2D eigenvalue weighted by molar-refractivity contribution is 5.84. The molecule has 0 aliphatic carbocycles. The Kier molecular flexibility index (Phi) is 6.99. The second-order valence-corrected chi connectivity index (χ2v) is 9.04. The first-order valence-corrected chi connectivity index (χ1v) is 11.8. The third-order valence-electron chi connectivity index (χ3n) is 6.44. The van der Waals surface area contributed by atoms with Crippen LogP contribution in [0.4, 0.5) is 5.69 Å². The van der Waals surface area contributed by atoms with E-state index in [0.29, 0.717) is 6.42 Å². The van der Waals surface area contributed by atoms with Crippen molar-refractivity contribution in [2.75, 3.05) is 18.0 Å². The highest BCUT2D eigenvalue weighted by Crippen LogP contribution is 2.25. The second kappa shape index (κ2) is 10.1. The van der Waals surface area contributed by atoms with Gasteiger partial charge in [0.2, 0.25) is 0 Å². The molecule has 0 radical (unpaired) electrons. The van der Waals surface area contributed by atoms with Gasteiger partial charge in [0.1, 0.15) is 5.75 Å². The number of rotatable bonds is 7. The van der Waals surface area contributed by atoms with Crippen molar-refractivity contribution in [3.8, 4) is 5.75 Å². The van der Waals surface area contributed by atoms with Gasteiger partial charge in [-0.05, 0) is 72.7 Å². The van der Waals surface area contributed by atoms with E-state index in [9.17, 15) is 4.79 Å². The number of carbonyl (C=O) groups excluding carboxylic acids is 1. The number of piperidine rings is 1. The van der Waals surface area contributed by atoms with Gasteiger partial charge in [-0.3, -0.25) is 4.79 Å². The summed E-state index contributed by atoms with van der Waals surface area (Å²) < 4.78 is 6.06. The van der Waals surface area contributed by atoms with Crippen molar-refractivity contribution in [3.05, 3.63) is 72.3 Å². The number of ether oxygens (including phenoxy) is 1. The molecule has 0 aromatic heterocycles. The zero-order valence-electron chi connectivity index (χ0n) is 19.4. The summed E-state index contributed by atoms with van der Waals surface area (Å²) in [4.78, 5) is 15.4. The second-order valence-electron chi connectivity index (χ2n) is 9.04. The minimum Gasteiger partial charge on any atom is -0.481 e. The quantitative estimate of drug-likeness (QED) is 0.492. The molecule has 1 fully saturated rings. The van der Waals surface area contributed by atoms with Crippen molar-refractivity contribution in [2.24, 2.45) is 5.92 Å². The molecule has 3 aromatic carbocycles. The molecule has 1 amide bonds. The van der Waals surface area contributed by atoms with E-state index >= 15 is 0 Å². The molecule has 4 nitrogen and oxygen atoms in total. The number of fused-ring (bicyclic) bond motifs is 1. The lowest BCUT2D eigenvalue weighted by atomic mass is 9.99. The maximum atomic E-state index is 12.9. The van der Waals surface area contributed by atoms with E-state index in [1.54, 1.807) is 0 Å². The Balaban J connectivity index is 1.37. The fourth-order valence-electron chi connectivity index (χ4n) is 4.51. The van der Waals surface area contributed by atoms with E-state index in [-0.39, 0.29) is 11.9 Å². The van der Waals surface area contributed by atoms with Gasteiger partial charge in [-0.15, -0.1) is 0 Å². The number of nitrogens with zero attached hydrogens (tertiary/aromatic N) is 1. The molecule has 168 valence electrons. The molecule has 4 heteroatoms. The van der Waals surface area contributed by atoms with Gasteiger partial charge in [-0.25, -0.2) is 0 Å². The van der Waals surface area contributed by atoms with Gasteiger partial charge in [-0.1, -0.05) is 56.3 Å². The summed E-state index contributed by atoms with van der Waals surface area (Å²) in [7, 11) is 0. The smallest absolute Gasteiger partial charge is 0.261 e. The molecule has 1 aliphatic heterocycles. The SMILES string of the molecule is CC[C@H](Oc1ccc2ccccc2c1)C(=O)N[C@H](C)c1ccc(N2CCC[C@@H](C)C2)cc1. The minimum atomic E-state index is -0.521. The van der Waals surface area contributed by atoms with Gasteiger partial charge in [0, 0.05) is 18.8 Å². The van der Waals surface area contributed by atoms with Crippen LogP contribution in [0.5, 0.6) is 5.75 Å². The fraction of sp³-hybridized carbons (Fsp3) is 0.393. The van der Waals surface area contributed by atoms with Crippen molar-refractivity contribution in [1.82, 2.24) is 5.32 Å². The van der Waals surface area contributed by atoms with Crippen molar-refractivity contribution in [1.29, 1.82) is 0 Å². The van der Waals surface area contributed by atoms with Crippen LogP contribution in [0.2, 0.25) is 0 Å². The lowest BCUT2D eigenvalue weighted by Crippen LogP contribution is -2.39. The normalized spacial score (nSPS) is 18.2. The van der Waals surface area contributed by atoms with Crippen molar-refractivity contribution < 1.29 is 9.53 Å². The van der Waals surface area contributed by atoms with Crippen LogP contribution in [-0.4, -0.2) is 25.1 Å². The summed E-state index contributed by atoms with van der Waals surface area (Å²) in [6.07, 6.45) is 2.66. The molecule has 1 N–H and O–H groups in total. The summed E-state index contributed by atoms with van der Waals surface area (Å²) >= 11 is 0. The largest absolute Gasteiger partial charge is 0.481 e. The van der Waals surface area contributed by atoms with Crippen LogP contribution in [0.15, 0.2) is 66.7 Å². The molecule has 0 bridgehead atoms. The molecular weight excluding hydrogens is 396 g/mol. The van der Waals surface area contributed by atoms with Gasteiger partial charge in [0.25, 0.3) is 5.91 Å². The number of benzene rings is 3. The van der Waals surface area contributed by atoms with E-state index in [1.807, 2.05) is 44.2 Å².